The minimum atomic E-state index is -2.15. The van der Waals surface area contributed by atoms with E-state index in [4.69, 9.17) is 0 Å². The first-order valence-corrected chi connectivity index (χ1v) is 4.93. The first-order chi connectivity index (χ1) is 6.29. The predicted molar refractivity (Wildman–Crippen MR) is 51.1 cm³/mol. The quantitative estimate of drug-likeness (QED) is 0.647. The van der Waals surface area contributed by atoms with Crippen LogP contribution in [0.15, 0.2) is 47.4 Å². The van der Waals surface area contributed by atoms with Crippen LogP contribution >= 0.6 is 0 Å². The van der Waals surface area contributed by atoms with E-state index in [1.54, 1.807) is 18.2 Å². The number of hydrogen-bond acceptors (Lipinski definition) is 2. The minimum Gasteiger partial charge on any atom is -0.768 e. The summed E-state index contributed by atoms with van der Waals surface area (Å²) in [5.74, 6) is 0. The largest absolute Gasteiger partial charge is 0.768 e. The summed E-state index contributed by atoms with van der Waals surface area (Å²) in [6.45, 7) is 0. The highest BCUT2D eigenvalue weighted by Crippen LogP contribution is 2.20. The molecular formula is C10H7O2S-. The molecule has 0 radical (unpaired) electrons. The van der Waals surface area contributed by atoms with Crippen molar-refractivity contribution in [3.05, 3.63) is 42.5 Å². The number of fused-ring (bicyclic) bond motifs is 1. The third kappa shape index (κ3) is 1.48. The first kappa shape index (κ1) is 8.41. The van der Waals surface area contributed by atoms with E-state index >= 15 is 0 Å². The molecule has 0 aliphatic heterocycles. The molecule has 1 unspecified atom stereocenters. The van der Waals surface area contributed by atoms with Crippen LogP contribution in [0.1, 0.15) is 0 Å². The first-order valence-electron chi connectivity index (χ1n) is 3.86. The fourth-order valence-corrected chi connectivity index (χ4v) is 1.90. The summed E-state index contributed by atoms with van der Waals surface area (Å²) in [6.07, 6.45) is 0. The topological polar surface area (TPSA) is 40.1 Å². The van der Waals surface area contributed by atoms with E-state index in [9.17, 15) is 8.76 Å². The van der Waals surface area contributed by atoms with Crippen LogP contribution in [0.5, 0.6) is 0 Å². The van der Waals surface area contributed by atoms with Gasteiger partial charge in [-0.05, 0) is 27.9 Å². The van der Waals surface area contributed by atoms with Crippen molar-refractivity contribution in [1.29, 1.82) is 0 Å². The molecule has 0 saturated carbocycles. The lowest BCUT2D eigenvalue weighted by Crippen LogP contribution is -1.89. The smallest absolute Gasteiger partial charge is 0.0327 e. The molecule has 2 nitrogen and oxygen atoms in total. The van der Waals surface area contributed by atoms with Crippen LogP contribution in [-0.2, 0) is 11.1 Å². The van der Waals surface area contributed by atoms with Gasteiger partial charge in [0.2, 0.25) is 0 Å². The van der Waals surface area contributed by atoms with E-state index in [1.165, 1.54) is 0 Å². The van der Waals surface area contributed by atoms with Gasteiger partial charge >= 0.3 is 0 Å². The van der Waals surface area contributed by atoms with Crippen molar-refractivity contribution in [2.75, 3.05) is 0 Å². The molecular weight excluding hydrogens is 184 g/mol. The molecule has 0 aliphatic rings. The van der Waals surface area contributed by atoms with Gasteiger partial charge in [0.1, 0.15) is 0 Å². The van der Waals surface area contributed by atoms with E-state index < -0.39 is 11.1 Å². The summed E-state index contributed by atoms with van der Waals surface area (Å²) < 4.78 is 21.6. The average molecular weight is 191 g/mol. The molecule has 66 valence electrons. The van der Waals surface area contributed by atoms with Gasteiger partial charge in [-0.15, -0.1) is 0 Å². The highest BCUT2D eigenvalue weighted by atomic mass is 32.2. The third-order valence-electron chi connectivity index (χ3n) is 1.93. The Morgan fingerprint density at radius 1 is 1.00 bits per heavy atom. The molecule has 0 bridgehead atoms. The molecule has 13 heavy (non-hydrogen) atoms. The molecule has 0 heterocycles. The van der Waals surface area contributed by atoms with Crippen molar-refractivity contribution in [3.63, 3.8) is 0 Å². The summed E-state index contributed by atoms with van der Waals surface area (Å²) in [7, 11) is 0. The lowest BCUT2D eigenvalue weighted by molar-refractivity contribution is 0.538. The van der Waals surface area contributed by atoms with Crippen LogP contribution in [0.2, 0.25) is 0 Å². The van der Waals surface area contributed by atoms with E-state index in [2.05, 4.69) is 0 Å². The molecule has 2 aromatic rings. The van der Waals surface area contributed by atoms with Gasteiger partial charge in [0.05, 0.1) is 0 Å². The Morgan fingerprint density at radius 3 is 2.46 bits per heavy atom. The van der Waals surface area contributed by atoms with Crippen molar-refractivity contribution in [1.82, 2.24) is 0 Å². The second-order valence-corrected chi connectivity index (χ2v) is 3.62. The molecule has 2 rings (SSSR count). The van der Waals surface area contributed by atoms with Gasteiger partial charge < -0.3 is 4.55 Å². The maximum atomic E-state index is 10.8. The maximum absolute atomic E-state index is 10.8. The third-order valence-corrected chi connectivity index (χ3v) is 2.64. The van der Waals surface area contributed by atoms with Gasteiger partial charge in [0.25, 0.3) is 0 Å². The van der Waals surface area contributed by atoms with E-state index in [0.717, 1.165) is 10.8 Å². The molecule has 0 N–H and O–H groups in total. The van der Waals surface area contributed by atoms with Crippen LogP contribution in [0.4, 0.5) is 0 Å². The Bertz CT molecular complexity index is 460. The van der Waals surface area contributed by atoms with Crippen LogP contribution in [0.3, 0.4) is 0 Å². The van der Waals surface area contributed by atoms with Gasteiger partial charge in [0, 0.05) is 4.90 Å². The van der Waals surface area contributed by atoms with Gasteiger partial charge in [-0.2, -0.15) is 0 Å². The molecule has 1 atom stereocenters. The second kappa shape index (κ2) is 3.28. The Balaban J connectivity index is 2.83. The van der Waals surface area contributed by atoms with Crippen LogP contribution in [0, 0.1) is 0 Å². The summed E-state index contributed by atoms with van der Waals surface area (Å²) in [6, 6.07) is 12.7. The van der Waals surface area contributed by atoms with E-state index in [1.807, 2.05) is 24.3 Å². The van der Waals surface area contributed by atoms with Gasteiger partial charge in [-0.1, -0.05) is 36.4 Å². The van der Waals surface area contributed by atoms with Crippen molar-refractivity contribution < 1.29 is 8.76 Å². The van der Waals surface area contributed by atoms with Crippen LogP contribution in [-0.4, -0.2) is 8.76 Å². The van der Waals surface area contributed by atoms with Crippen molar-refractivity contribution in [2.24, 2.45) is 0 Å². The Kier molecular flexibility index (Phi) is 2.12. The van der Waals surface area contributed by atoms with Gasteiger partial charge in [-0.25, -0.2) is 0 Å². The average Bonchev–Trinajstić information content (AvgIpc) is 2.17. The van der Waals surface area contributed by atoms with E-state index in [0.29, 0.717) is 4.90 Å². The lowest BCUT2D eigenvalue weighted by atomic mass is 10.1. The monoisotopic (exact) mass is 191 g/mol. The molecule has 0 fully saturated rings. The van der Waals surface area contributed by atoms with Crippen LogP contribution in [0.25, 0.3) is 10.8 Å². The lowest BCUT2D eigenvalue weighted by Gasteiger charge is -2.08. The van der Waals surface area contributed by atoms with Crippen molar-refractivity contribution >= 4 is 21.9 Å². The molecule has 0 amide bonds. The molecule has 2 aromatic carbocycles. The maximum Gasteiger partial charge on any atom is 0.0327 e. The number of hydrogen-bond donors (Lipinski definition) is 0. The molecule has 0 aromatic heterocycles. The van der Waals surface area contributed by atoms with Crippen molar-refractivity contribution in [3.8, 4) is 0 Å². The summed E-state index contributed by atoms with van der Waals surface area (Å²) >= 11 is -2.15. The highest BCUT2D eigenvalue weighted by molar-refractivity contribution is 7.79. The normalized spacial score (nSPS) is 13.0. The zero-order valence-electron chi connectivity index (χ0n) is 6.77. The summed E-state index contributed by atoms with van der Waals surface area (Å²) in [5, 5.41) is 1.72. The van der Waals surface area contributed by atoms with E-state index in [-0.39, 0.29) is 0 Å². The SMILES string of the molecule is O=S([O-])c1cccc2ccccc12. The fraction of sp³-hybridized carbons (Fsp3) is 0. The standard InChI is InChI=1S/C10H8O2S/c11-13(12)10-7-3-5-8-4-1-2-6-9(8)10/h1-7H,(H,11,12)/p-1. The molecule has 0 saturated heterocycles. The number of benzene rings is 2. The molecule has 0 aliphatic carbocycles. The Labute approximate surface area is 78.5 Å². The Hall–Kier alpha value is -1.19. The highest BCUT2D eigenvalue weighted by Gasteiger charge is 1.98. The van der Waals surface area contributed by atoms with Crippen molar-refractivity contribution in [2.45, 2.75) is 4.90 Å². The summed E-state index contributed by atoms with van der Waals surface area (Å²) in [4.78, 5) is 0.359. The zero-order chi connectivity index (χ0) is 9.26. The summed E-state index contributed by atoms with van der Waals surface area (Å²) in [5.41, 5.74) is 0. The molecule has 0 spiro atoms. The van der Waals surface area contributed by atoms with Gasteiger partial charge in [-0.3, -0.25) is 4.21 Å². The number of rotatable bonds is 1. The van der Waals surface area contributed by atoms with Gasteiger partial charge in [0.15, 0.2) is 0 Å². The Morgan fingerprint density at radius 2 is 1.69 bits per heavy atom. The predicted octanol–water partition coefficient (Wildman–Crippen LogP) is 2.08. The zero-order valence-corrected chi connectivity index (χ0v) is 7.58. The minimum absolute atomic E-state index is 0.359. The fourth-order valence-electron chi connectivity index (χ4n) is 1.34. The van der Waals surface area contributed by atoms with Crippen LogP contribution < -0.4 is 0 Å². The second-order valence-electron chi connectivity index (χ2n) is 2.71. The molecule has 3 heteroatoms.